The van der Waals surface area contributed by atoms with Crippen LogP contribution in [-0.2, 0) is 0 Å². The van der Waals surface area contributed by atoms with Crippen molar-refractivity contribution < 1.29 is 5.11 Å². The summed E-state index contributed by atoms with van der Waals surface area (Å²) >= 11 is 5.87. The van der Waals surface area contributed by atoms with Gasteiger partial charge in [-0.15, -0.1) is 0 Å². The molecule has 0 atom stereocenters. The maximum atomic E-state index is 11.6. The summed E-state index contributed by atoms with van der Waals surface area (Å²) in [5.74, 6) is 0.154. The lowest BCUT2D eigenvalue weighted by Gasteiger charge is -2.06. The Bertz CT molecular complexity index is 1190. The number of halogens is 1. The van der Waals surface area contributed by atoms with E-state index in [1.165, 1.54) is 10.6 Å². The van der Waals surface area contributed by atoms with Crippen LogP contribution >= 0.6 is 11.6 Å². The zero-order chi connectivity index (χ0) is 21.7. The Morgan fingerprint density at radius 3 is 1.70 bits per heavy atom. The van der Waals surface area contributed by atoms with Crippen LogP contribution in [0.2, 0.25) is 5.02 Å². The van der Waals surface area contributed by atoms with Crippen LogP contribution in [0.3, 0.4) is 0 Å². The molecule has 4 rings (SSSR count). The standard InChI is InChI=1S/C12H10ClNO.C12H11NO2/c1-9-5-6-12(15)14(8-9)11-4-2-3-10(13)7-11;1-9-5-6-12(15)13(8-9)10-3-2-4-11(14)7-10/h2-8H,1H3;2-8,14H,1H3. The lowest BCUT2D eigenvalue weighted by atomic mass is 10.2. The molecule has 0 bridgehead atoms. The maximum Gasteiger partial charge on any atom is 0.255 e. The van der Waals surface area contributed by atoms with Gasteiger partial charge in [0.1, 0.15) is 5.75 Å². The molecule has 0 unspecified atom stereocenters. The van der Waals surface area contributed by atoms with E-state index in [0.717, 1.165) is 16.8 Å². The van der Waals surface area contributed by atoms with Crippen molar-refractivity contribution >= 4 is 11.6 Å². The molecule has 0 aliphatic carbocycles. The van der Waals surface area contributed by atoms with Crippen LogP contribution in [0.25, 0.3) is 11.4 Å². The quantitative estimate of drug-likeness (QED) is 0.513. The number of nitrogens with zero attached hydrogens (tertiary/aromatic N) is 2. The number of aryl methyl sites for hydroxylation is 2. The minimum atomic E-state index is -0.105. The summed E-state index contributed by atoms with van der Waals surface area (Å²) in [4.78, 5) is 23.2. The van der Waals surface area contributed by atoms with Crippen LogP contribution in [0.5, 0.6) is 5.75 Å². The Balaban J connectivity index is 0.000000171. The van der Waals surface area contributed by atoms with E-state index in [1.807, 2.05) is 26.0 Å². The topological polar surface area (TPSA) is 64.2 Å². The van der Waals surface area contributed by atoms with Crippen LogP contribution in [0.4, 0.5) is 0 Å². The minimum absolute atomic E-state index is 0.0529. The van der Waals surface area contributed by atoms with E-state index in [-0.39, 0.29) is 16.9 Å². The van der Waals surface area contributed by atoms with Crippen LogP contribution in [0.15, 0.2) is 94.8 Å². The van der Waals surface area contributed by atoms with Gasteiger partial charge in [-0.2, -0.15) is 0 Å². The average molecular weight is 421 g/mol. The third kappa shape index (κ3) is 5.27. The molecule has 0 radical (unpaired) electrons. The largest absolute Gasteiger partial charge is 0.508 e. The third-order valence-electron chi connectivity index (χ3n) is 4.31. The molecule has 152 valence electrons. The molecule has 0 aliphatic heterocycles. The second-order valence-electron chi connectivity index (χ2n) is 6.83. The average Bonchev–Trinajstić information content (AvgIpc) is 2.72. The summed E-state index contributed by atoms with van der Waals surface area (Å²) < 4.78 is 3.09. The highest BCUT2D eigenvalue weighted by molar-refractivity contribution is 6.30. The van der Waals surface area contributed by atoms with Gasteiger partial charge in [-0.1, -0.05) is 35.9 Å². The normalized spacial score (nSPS) is 10.2. The van der Waals surface area contributed by atoms with Gasteiger partial charge in [0.2, 0.25) is 0 Å². The Morgan fingerprint density at radius 1 is 0.700 bits per heavy atom. The van der Waals surface area contributed by atoms with Gasteiger partial charge < -0.3 is 5.11 Å². The molecule has 2 aromatic heterocycles. The third-order valence-corrected chi connectivity index (χ3v) is 4.55. The van der Waals surface area contributed by atoms with Crippen LogP contribution in [0, 0.1) is 13.8 Å². The fraction of sp³-hybridized carbons (Fsp3) is 0.0833. The summed E-state index contributed by atoms with van der Waals surface area (Å²) in [5.41, 5.74) is 3.33. The van der Waals surface area contributed by atoms with Gasteiger partial charge >= 0.3 is 0 Å². The van der Waals surface area contributed by atoms with Crippen LogP contribution < -0.4 is 11.1 Å². The van der Waals surface area contributed by atoms with Crippen molar-refractivity contribution in [3.63, 3.8) is 0 Å². The molecule has 2 heterocycles. The zero-order valence-electron chi connectivity index (χ0n) is 16.6. The van der Waals surface area contributed by atoms with E-state index in [4.69, 9.17) is 11.6 Å². The molecule has 0 aliphatic rings. The molecule has 4 aromatic rings. The highest BCUT2D eigenvalue weighted by Gasteiger charge is 2.01. The van der Waals surface area contributed by atoms with E-state index in [9.17, 15) is 14.7 Å². The second kappa shape index (κ2) is 9.29. The van der Waals surface area contributed by atoms with Crippen molar-refractivity contribution in [3.8, 4) is 17.1 Å². The smallest absolute Gasteiger partial charge is 0.255 e. The minimum Gasteiger partial charge on any atom is -0.508 e. The molecular weight excluding hydrogens is 400 g/mol. The highest BCUT2D eigenvalue weighted by atomic mass is 35.5. The summed E-state index contributed by atoms with van der Waals surface area (Å²) in [7, 11) is 0. The molecular formula is C24H21ClN2O3. The fourth-order valence-electron chi connectivity index (χ4n) is 2.86. The first-order valence-electron chi connectivity index (χ1n) is 9.27. The number of hydrogen-bond acceptors (Lipinski definition) is 3. The number of aromatic nitrogens is 2. The molecule has 0 amide bonds. The lowest BCUT2D eigenvalue weighted by molar-refractivity contribution is 0.475. The van der Waals surface area contributed by atoms with Gasteiger partial charge in [0.25, 0.3) is 11.1 Å². The molecule has 1 N–H and O–H groups in total. The number of phenols is 1. The van der Waals surface area contributed by atoms with E-state index in [2.05, 4.69) is 0 Å². The highest BCUT2D eigenvalue weighted by Crippen LogP contribution is 2.14. The van der Waals surface area contributed by atoms with Crippen molar-refractivity contribution in [1.29, 1.82) is 0 Å². The first kappa shape index (κ1) is 21.1. The van der Waals surface area contributed by atoms with Gasteiger partial charge in [-0.3, -0.25) is 18.7 Å². The van der Waals surface area contributed by atoms with Crippen molar-refractivity contribution in [1.82, 2.24) is 9.13 Å². The second-order valence-corrected chi connectivity index (χ2v) is 7.27. The van der Waals surface area contributed by atoms with Crippen molar-refractivity contribution in [2.45, 2.75) is 13.8 Å². The summed E-state index contributed by atoms with van der Waals surface area (Å²) in [6, 6.07) is 20.5. The molecule has 0 saturated heterocycles. The Morgan fingerprint density at radius 2 is 1.20 bits per heavy atom. The van der Waals surface area contributed by atoms with E-state index < -0.39 is 0 Å². The van der Waals surface area contributed by atoms with Crippen LogP contribution in [-0.4, -0.2) is 14.2 Å². The van der Waals surface area contributed by atoms with Gasteiger partial charge in [0, 0.05) is 35.6 Å². The van der Waals surface area contributed by atoms with Gasteiger partial charge in [0.05, 0.1) is 11.4 Å². The van der Waals surface area contributed by atoms with Crippen molar-refractivity contribution in [3.05, 3.63) is 122 Å². The van der Waals surface area contributed by atoms with Crippen molar-refractivity contribution in [2.75, 3.05) is 0 Å². The zero-order valence-corrected chi connectivity index (χ0v) is 17.4. The monoisotopic (exact) mass is 420 g/mol. The molecule has 30 heavy (non-hydrogen) atoms. The summed E-state index contributed by atoms with van der Waals surface area (Å²) in [5, 5.41) is 9.95. The molecule has 0 spiro atoms. The number of phenolic OH excluding ortho intramolecular Hbond substituents is 1. The van der Waals surface area contributed by atoms with Gasteiger partial charge in [0.15, 0.2) is 0 Å². The van der Waals surface area contributed by atoms with Crippen molar-refractivity contribution in [2.24, 2.45) is 0 Å². The number of rotatable bonds is 2. The molecule has 0 saturated carbocycles. The first-order chi connectivity index (χ1) is 14.3. The predicted octanol–water partition coefficient (Wildman–Crippen LogP) is 4.65. The molecule has 2 aromatic carbocycles. The lowest BCUT2D eigenvalue weighted by Crippen LogP contribution is -2.16. The van der Waals surface area contributed by atoms with Crippen LogP contribution in [0.1, 0.15) is 11.1 Å². The number of benzene rings is 2. The van der Waals surface area contributed by atoms with E-state index in [1.54, 1.807) is 71.6 Å². The van der Waals surface area contributed by atoms with Gasteiger partial charge in [-0.05, 0) is 55.3 Å². The number of pyridine rings is 2. The fourth-order valence-corrected chi connectivity index (χ4v) is 3.04. The number of hydrogen-bond donors (Lipinski definition) is 1. The summed E-state index contributed by atoms with van der Waals surface area (Å²) in [6.45, 7) is 3.86. The summed E-state index contributed by atoms with van der Waals surface area (Å²) in [6.07, 6.45) is 3.55. The van der Waals surface area contributed by atoms with E-state index in [0.29, 0.717) is 10.7 Å². The SMILES string of the molecule is Cc1ccc(=O)n(-c2cccc(Cl)c2)c1.Cc1ccc(=O)n(-c2cccc(O)c2)c1. The Kier molecular flexibility index (Phi) is 6.54. The predicted molar refractivity (Wildman–Crippen MR) is 120 cm³/mol. The number of aromatic hydroxyl groups is 1. The Labute approximate surface area is 179 Å². The van der Waals surface area contributed by atoms with E-state index >= 15 is 0 Å². The molecule has 0 fully saturated rings. The first-order valence-corrected chi connectivity index (χ1v) is 9.65. The molecule has 5 nitrogen and oxygen atoms in total. The maximum absolute atomic E-state index is 11.6. The van der Waals surface area contributed by atoms with Gasteiger partial charge in [-0.25, -0.2) is 0 Å². The Hall–Kier alpha value is -3.57. The molecule has 6 heteroatoms.